The highest BCUT2D eigenvalue weighted by atomic mass is 16.5. The van der Waals surface area contributed by atoms with Crippen LogP contribution < -0.4 is 5.32 Å². The molecule has 3 rings (SSSR count). The zero-order valence-corrected chi connectivity index (χ0v) is 18.3. The van der Waals surface area contributed by atoms with Crippen molar-refractivity contribution in [3.63, 3.8) is 0 Å². The minimum absolute atomic E-state index is 0.124. The lowest BCUT2D eigenvalue weighted by Crippen LogP contribution is -2.47. The maximum atomic E-state index is 12.6. The summed E-state index contributed by atoms with van der Waals surface area (Å²) in [7, 11) is 0. The topological polar surface area (TPSA) is 79.0 Å². The number of nitrogens with zero attached hydrogens (tertiary/aromatic N) is 2. The van der Waals surface area contributed by atoms with Gasteiger partial charge in [0.1, 0.15) is 6.10 Å². The molecule has 31 heavy (non-hydrogen) atoms. The second kappa shape index (κ2) is 10.2. The molecule has 2 amide bonds. The quantitative estimate of drug-likeness (QED) is 0.722. The van der Waals surface area contributed by atoms with Crippen molar-refractivity contribution in [1.29, 1.82) is 0 Å². The smallest absolute Gasteiger partial charge is 0.338 e. The number of carbonyl (C=O) groups is 3. The molecule has 0 saturated carbocycles. The van der Waals surface area contributed by atoms with Crippen LogP contribution in [0.15, 0.2) is 48.5 Å². The van der Waals surface area contributed by atoms with Crippen molar-refractivity contribution in [2.24, 2.45) is 0 Å². The number of piperazine rings is 1. The van der Waals surface area contributed by atoms with Crippen molar-refractivity contribution in [3.8, 4) is 0 Å². The van der Waals surface area contributed by atoms with Gasteiger partial charge in [0, 0.05) is 52.3 Å². The Morgan fingerprint density at radius 2 is 1.68 bits per heavy atom. The van der Waals surface area contributed by atoms with Crippen molar-refractivity contribution < 1.29 is 19.1 Å². The van der Waals surface area contributed by atoms with E-state index in [4.69, 9.17) is 4.74 Å². The fourth-order valence-electron chi connectivity index (χ4n) is 3.59. The maximum absolute atomic E-state index is 12.6. The molecular weight excluding hydrogens is 394 g/mol. The highest BCUT2D eigenvalue weighted by Crippen LogP contribution is 2.22. The molecular formula is C24H29N3O4. The lowest BCUT2D eigenvalue weighted by Gasteiger charge is -2.34. The van der Waals surface area contributed by atoms with Gasteiger partial charge in [-0.3, -0.25) is 14.5 Å². The minimum atomic E-state index is -0.446. The van der Waals surface area contributed by atoms with Crippen LogP contribution in [0.4, 0.5) is 5.69 Å². The number of anilines is 1. The molecule has 0 spiro atoms. The third-order valence-corrected chi connectivity index (χ3v) is 5.37. The summed E-state index contributed by atoms with van der Waals surface area (Å²) >= 11 is 0. The molecule has 7 heteroatoms. The number of carbonyl (C=O) groups excluding carboxylic acids is 3. The van der Waals surface area contributed by atoms with E-state index in [9.17, 15) is 14.4 Å². The molecule has 0 bridgehead atoms. The number of hydrogen-bond donors (Lipinski definition) is 1. The first-order valence-electron chi connectivity index (χ1n) is 10.5. The van der Waals surface area contributed by atoms with Crippen LogP contribution in [0.2, 0.25) is 0 Å². The largest absolute Gasteiger partial charge is 0.454 e. The number of ether oxygens (including phenoxy) is 1. The number of benzene rings is 2. The third kappa shape index (κ3) is 6.39. The Kier molecular flexibility index (Phi) is 7.41. The van der Waals surface area contributed by atoms with Gasteiger partial charge in [0.2, 0.25) is 11.8 Å². The van der Waals surface area contributed by atoms with Crippen molar-refractivity contribution in [3.05, 3.63) is 65.2 Å². The first kappa shape index (κ1) is 22.5. The third-order valence-electron chi connectivity index (χ3n) is 5.37. The van der Waals surface area contributed by atoms with Gasteiger partial charge in [-0.2, -0.15) is 0 Å². The van der Waals surface area contributed by atoms with Crippen molar-refractivity contribution >= 4 is 23.5 Å². The van der Waals surface area contributed by atoms with E-state index in [-0.39, 0.29) is 17.8 Å². The summed E-state index contributed by atoms with van der Waals surface area (Å²) in [6.45, 7) is 8.84. The molecule has 0 radical (unpaired) electrons. The van der Waals surface area contributed by atoms with Gasteiger partial charge >= 0.3 is 5.97 Å². The van der Waals surface area contributed by atoms with E-state index < -0.39 is 6.10 Å². The molecule has 1 saturated heterocycles. The van der Waals surface area contributed by atoms with Gasteiger partial charge in [-0.15, -0.1) is 0 Å². The summed E-state index contributed by atoms with van der Waals surface area (Å²) in [5.74, 6) is -0.416. The van der Waals surface area contributed by atoms with Crippen LogP contribution in [-0.2, 0) is 20.9 Å². The lowest BCUT2D eigenvalue weighted by atomic mass is 10.1. The van der Waals surface area contributed by atoms with Crippen molar-refractivity contribution in [1.82, 2.24) is 9.80 Å². The fourth-order valence-corrected chi connectivity index (χ4v) is 3.59. The zero-order chi connectivity index (χ0) is 22.4. The second-order valence-corrected chi connectivity index (χ2v) is 7.83. The molecule has 2 aromatic rings. The lowest BCUT2D eigenvalue weighted by molar-refractivity contribution is -0.130. The predicted molar refractivity (Wildman–Crippen MR) is 119 cm³/mol. The van der Waals surface area contributed by atoms with E-state index in [0.717, 1.165) is 43.9 Å². The normalized spacial score (nSPS) is 15.3. The fraction of sp³-hybridized carbons (Fsp3) is 0.375. The number of hydrogen-bond acceptors (Lipinski definition) is 5. The average Bonchev–Trinajstić information content (AvgIpc) is 2.74. The summed E-state index contributed by atoms with van der Waals surface area (Å²) in [5.41, 5.74) is 3.08. The molecule has 1 aliphatic rings. The van der Waals surface area contributed by atoms with Crippen LogP contribution >= 0.6 is 0 Å². The van der Waals surface area contributed by atoms with E-state index in [2.05, 4.69) is 10.2 Å². The van der Waals surface area contributed by atoms with Crippen LogP contribution in [0.1, 0.15) is 48.4 Å². The Hall–Kier alpha value is -3.19. The molecule has 0 unspecified atom stereocenters. The highest BCUT2D eigenvalue weighted by molar-refractivity contribution is 5.90. The maximum Gasteiger partial charge on any atom is 0.338 e. The summed E-state index contributed by atoms with van der Waals surface area (Å²) in [4.78, 5) is 39.4. The molecule has 1 fully saturated rings. The van der Waals surface area contributed by atoms with E-state index in [1.165, 1.54) is 6.92 Å². The Bertz CT molecular complexity index is 934. The number of amides is 2. The molecule has 1 atom stereocenters. The number of esters is 1. The van der Waals surface area contributed by atoms with Gasteiger partial charge in [0.25, 0.3) is 0 Å². The molecule has 1 heterocycles. The van der Waals surface area contributed by atoms with E-state index in [1.807, 2.05) is 29.2 Å². The summed E-state index contributed by atoms with van der Waals surface area (Å²) in [6, 6.07) is 14.7. The van der Waals surface area contributed by atoms with Gasteiger partial charge in [-0.25, -0.2) is 4.79 Å². The molecule has 164 valence electrons. The molecule has 1 aliphatic heterocycles. The Morgan fingerprint density at radius 1 is 1.00 bits per heavy atom. The number of nitrogens with one attached hydrogen (secondary N) is 1. The Morgan fingerprint density at radius 3 is 2.29 bits per heavy atom. The van der Waals surface area contributed by atoms with Gasteiger partial charge < -0.3 is 15.0 Å². The number of rotatable bonds is 6. The van der Waals surface area contributed by atoms with Crippen molar-refractivity contribution in [2.75, 3.05) is 31.5 Å². The SMILES string of the molecule is CC(=O)Nc1cccc([C@@H](C)OC(=O)c2ccc(CN3CCN(C(C)=O)CC3)cc2)c1. The predicted octanol–water partition coefficient (Wildman–Crippen LogP) is 3.23. The average molecular weight is 424 g/mol. The molecule has 7 nitrogen and oxygen atoms in total. The Balaban J connectivity index is 1.54. The summed E-state index contributed by atoms with van der Waals surface area (Å²) in [5, 5.41) is 2.73. The molecule has 0 aromatic heterocycles. The zero-order valence-electron chi connectivity index (χ0n) is 18.3. The standard InChI is InChI=1S/C24H29N3O4/c1-17(22-5-4-6-23(15-22)25-18(2)28)31-24(30)21-9-7-20(8-10-21)16-26-11-13-27(14-12-26)19(3)29/h4-10,15,17H,11-14,16H2,1-3H3,(H,25,28)/t17-/m1/s1. The first-order valence-corrected chi connectivity index (χ1v) is 10.5. The van der Waals surface area contributed by atoms with E-state index in [0.29, 0.717) is 11.3 Å². The van der Waals surface area contributed by atoms with Crippen LogP contribution in [0.5, 0.6) is 0 Å². The van der Waals surface area contributed by atoms with Gasteiger partial charge in [-0.05, 0) is 42.3 Å². The van der Waals surface area contributed by atoms with Crippen molar-refractivity contribution in [2.45, 2.75) is 33.4 Å². The van der Waals surface area contributed by atoms with Crippen LogP contribution in [0.3, 0.4) is 0 Å². The van der Waals surface area contributed by atoms with E-state index in [1.54, 1.807) is 38.1 Å². The van der Waals surface area contributed by atoms with Crippen LogP contribution in [0, 0.1) is 0 Å². The minimum Gasteiger partial charge on any atom is -0.454 e. The van der Waals surface area contributed by atoms with Crippen LogP contribution in [-0.4, -0.2) is 53.8 Å². The van der Waals surface area contributed by atoms with Crippen LogP contribution in [0.25, 0.3) is 0 Å². The van der Waals surface area contributed by atoms with Gasteiger partial charge in [-0.1, -0.05) is 24.3 Å². The highest BCUT2D eigenvalue weighted by Gasteiger charge is 2.19. The van der Waals surface area contributed by atoms with Gasteiger partial charge in [0.15, 0.2) is 0 Å². The van der Waals surface area contributed by atoms with E-state index >= 15 is 0 Å². The molecule has 1 N–H and O–H groups in total. The monoisotopic (exact) mass is 423 g/mol. The molecule has 0 aliphatic carbocycles. The summed E-state index contributed by atoms with van der Waals surface area (Å²) < 4.78 is 5.61. The molecule has 2 aromatic carbocycles. The summed E-state index contributed by atoms with van der Waals surface area (Å²) in [6.07, 6.45) is -0.446. The van der Waals surface area contributed by atoms with Gasteiger partial charge in [0.05, 0.1) is 5.56 Å². The second-order valence-electron chi connectivity index (χ2n) is 7.83. The first-order chi connectivity index (χ1) is 14.8. The Labute approximate surface area is 183 Å².